The van der Waals surface area contributed by atoms with Gasteiger partial charge in [0.25, 0.3) is 0 Å². The molecule has 0 atom stereocenters. The molecule has 17 heavy (non-hydrogen) atoms. The maximum absolute atomic E-state index is 5.80. The van der Waals surface area contributed by atoms with E-state index < -0.39 is 0 Å². The van der Waals surface area contributed by atoms with E-state index in [1.165, 1.54) is 24.6 Å². The molecule has 0 radical (unpaired) electrons. The van der Waals surface area contributed by atoms with Gasteiger partial charge in [0.2, 0.25) is 5.89 Å². The van der Waals surface area contributed by atoms with E-state index in [1.807, 2.05) is 12.1 Å². The van der Waals surface area contributed by atoms with E-state index in [-0.39, 0.29) is 0 Å². The molecular formula is C11H12N4OS. The fourth-order valence-electron chi connectivity index (χ4n) is 1.49. The van der Waals surface area contributed by atoms with Crippen LogP contribution in [-0.4, -0.2) is 15.1 Å². The second-order valence-electron chi connectivity index (χ2n) is 4.01. The third-order valence-corrected chi connectivity index (χ3v) is 3.57. The number of hydrogen-bond donors (Lipinski definition) is 1. The SMILES string of the molecule is Nc1cccnc1SCc1nc(C2CC2)no1. The molecule has 1 saturated carbocycles. The number of nitrogens with two attached hydrogens (primary N) is 1. The Morgan fingerprint density at radius 1 is 1.47 bits per heavy atom. The second-order valence-corrected chi connectivity index (χ2v) is 4.97. The van der Waals surface area contributed by atoms with Gasteiger partial charge in [0, 0.05) is 12.1 Å². The van der Waals surface area contributed by atoms with Crippen LogP contribution in [0.4, 0.5) is 5.69 Å². The predicted octanol–water partition coefficient (Wildman–Crippen LogP) is 2.22. The lowest BCUT2D eigenvalue weighted by Crippen LogP contribution is -1.91. The number of nitrogens with zero attached hydrogens (tertiary/aromatic N) is 3. The molecule has 0 spiro atoms. The lowest BCUT2D eigenvalue weighted by atomic mass is 10.4. The summed E-state index contributed by atoms with van der Waals surface area (Å²) < 4.78 is 5.18. The Labute approximate surface area is 103 Å². The van der Waals surface area contributed by atoms with Crippen molar-refractivity contribution in [1.29, 1.82) is 0 Å². The van der Waals surface area contributed by atoms with Crippen LogP contribution in [0.5, 0.6) is 0 Å². The van der Waals surface area contributed by atoms with Gasteiger partial charge >= 0.3 is 0 Å². The van der Waals surface area contributed by atoms with Crippen molar-refractivity contribution >= 4 is 17.4 Å². The molecule has 0 aliphatic heterocycles. The number of anilines is 1. The Balaban J connectivity index is 1.65. The number of pyridine rings is 1. The Kier molecular flexibility index (Phi) is 2.72. The smallest absolute Gasteiger partial charge is 0.237 e. The highest BCUT2D eigenvalue weighted by Crippen LogP contribution is 2.38. The molecule has 6 heteroatoms. The minimum atomic E-state index is 0.525. The van der Waals surface area contributed by atoms with Crippen molar-refractivity contribution in [2.45, 2.75) is 29.5 Å². The normalized spacial score (nSPS) is 15.1. The van der Waals surface area contributed by atoms with Crippen LogP contribution >= 0.6 is 11.8 Å². The molecule has 0 unspecified atom stereocenters. The van der Waals surface area contributed by atoms with E-state index in [9.17, 15) is 0 Å². The first kappa shape index (κ1) is 10.6. The molecule has 1 fully saturated rings. The summed E-state index contributed by atoms with van der Waals surface area (Å²) in [6.07, 6.45) is 4.08. The molecule has 5 nitrogen and oxygen atoms in total. The van der Waals surface area contributed by atoms with Crippen LogP contribution in [0, 0.1) is 0 Å². The third kappa shape index (κ3) is 2.41. The van der Waals surface area contributed by atoms with Gasteiger partial charge in [-0.3, -0.25) is 0 Å². The van der Waals surface area contributed by atoms with Gasteiger partial charge in [-0.1, -0.05) is 16.9 Å². The van der Waals surface area contributed by atoms with Crippen molar-refractivity contribution in [3.8, 4) is 0 Å². The first-order chi connectivity index (χ1) is 8.33. The molecule has 2 heterocycles. The molecule has 0 aromatic carbocycles. The van der Waals surface area contributed by atoms with Crippen LogP contribution in [0.15, 0.2) is 27.9 Å². The fourth-order valence-corrected chi connectivity index (χ4v) is 2.24. The van der Waals surface area contributed by atoms with E-state index in [2.05, 4.69) is 15.1 Å². The Morgan fingerprint density at radius 3 is 3.12 bits per heavy atom. The summed E-state index contributed by atoms with van der Waals surface area (Å²) in [5.74, 6) is 2.62. The first-order valence-corrected chi connectivity index (χ1v) is 6.47. The number of hydrogen-bond acceptors (Lipinski definition) is 6. The van der Waals surface area contributed by atoms with E-state index in [0.29, 0.717) is 23.2 Å². The van der Waals surface area contributed by atoms with Crippen LogP contribution in [0.3, 0.4) is 0 Å². The van der Waals surface area contributed by atoms with E-state index in [0.717, 1.165) is 10.9 Å². The molecular weight excluding hydrogens is 236 g/mol. The summed E-state index contributed by atoms with van der Waals surface area (Å²) in [5.41, 5.74) is 6.48. The van der Waals surface area contributed by atoms with E-state index in [4.69, 9.17) is 10.3 Å². The van der Waals surface area contributed by atoms with Crippen molar-refractivity contribution in [1.82, 2.24) is 15.1 Å². The molecule has 0 saturated heterocycles. The summed E-state index contributed by atoms with van der Waals surface area (Å²) in [5, 5.41) is 4.77. The van der Waals surface area contributed by atoms with Crippen molar-refractivity contribution in [2.24, 2.45) is 0 Å². The van der Waals surface area contributed by atoms with E-state index in [1.54, 1.807) is 6.20 Å². The zero-order chi connectivity index (χ0) is 11.7. The van der Waals surface area contributed by atoms with Crippen LogP contribution in [0.1, 0.15) is 30.5 Å². The number of nitrogen functional groups attached to an aromatic ring is 1. The molecule has 2 aromatic heterocycles. The molecule has 3 rings (SSSR count). The van der Waals surface area contributed by atoms with Crippen LogP contribution in [0.2, 0.25) is 0 Å². The summed E-state index contributed by atoms with van der Waals surface area (Å²) in [6, 6.07) is 3.65. The van der Waals surface area contributed by atoms with Gasteiger partial charge < -0.3 is 10.3 Å². The lowest BCUT2D eigenvalue weighted by molar-refractivity contribution is 0.385. The number of thioether (sulfide) groups is 1. The van der Waals surface area contributed by atoms with Gasteiger partial charge in [0.05, 0.1) is 11.4 Å². The molecule has 0 amide bonds. The quantitative estimate of drug-likeness (QED) is 0.836. The first-order valence-electron chi connectivity index (χ1n) is 5.48. The van der Waals surface area contributed by atoms with Crippen molar-refractivity contribution in [3.05, 3.63) is 30.0 Å². The number of rotatable bonds is 4. The largest absolute Gasteiger partial charge is 0.397 e. The average Bonchev–Trinajstić information content (AvgIpc) is 3.08. The van der Waals surface area contributed by atoms with Gasteiger partial charge in [0.15, 0.2) is 5.82 Å². The fraction of sp³-hybridized carbons (Fsp3) is 0.364. The lowest BCUT2D eigenvalue weighted by Gasteiger charge is -2.00. The standard InChI is InChI=1S/C11H12N4OS/c12-8-2-1-5-13-11(8)17-6-9-14-10(15-16-9)7-3-4-7/h1-2,5,7H,3-4,6,12H2. The van der Waals surface area contributed by atoms with Gasteiger partial charge in [-0.15, -0.1) is 0 Å². The van der Waals surface area contributed by atoms with Gasteiger partial charge in [0.1, 0.15) is 5.03 Å². The Bertz CT molecular complexity index is 524. The molecule has 1 aliphatic rings. The topological polar surface area (TPSA) is 77.8 Å². The summed E-state index contributed by atoms with van der Waals surface area (Å²) in [7, 11) is 0. The van der Waals surface area contributed by atoms with Crippen molar-refractivity contribution < 1.29 is 4.52 Å². The van der Waals surface area contributed by atoms with Crippen LogP contribution < -0.4 is 5.73 Å². The highest BCUT2D eigenvalue weighted by atomic mass is 32.2. The van der Waals surface area contributed by atoms with E-state index >= 15 is 0 Å². The zero-order valence-electron chi connectivity index (χ0n) is 9.17. The maximum Gasteiger partial charge on any atom is 0.237 e. The molecule has 0 bridgehead atoms. The average molecular weight is 248 g/mol. The predicted molar refractivity (Wildman–Crippen MR) is 64.5 cm³/mol. The highest BCUT2D eigenvalue weighted by Gasteiger charge is 2.28. The van der Waals surface area contributed by atoms with Gasteiger partial charge in [-0.2, -0.15) is 4.98 Å². The van der Waals surface area contributed by atoms with Gasteiger partial charge in [-0.25, -0.2) is 4.98 Å². The summed E-state index contributed by atoms with van der Waals surface area (Å²) >= 11 is 1.51. The Morgan fingerprint density at radius 2 is 2.35 bits per heavy atom. The van der Waals surface area contributed by atoms with Crippen molar-refractivity contribution in [3.63, 3.8) is 0 Å². The van der Waals surface area contributed by atoms with Crippen LogP contribution in [-0.2, 0) is 5.75 Å². The van der Waals surface area contributed by atoms with Crippen LogP contribution in [0.25, 0.3) is 0 Å². The number of aromatic nitrogens is 3. The summed E-state index contributed by atoms with van der Waals surface area (Å²) in [4.78, 5) is 8.55. The zero-order valence-corrected chi connectivity index (χ0v) is 9.98. The molecule has 1 aliphatic carbocycles. The molecule has 2 aromatic rings. The maximum atomic E-state index is 5.80. The Hall–Kier alpha value is -1.56. The highest BCUT2D eigenvalue weighted by molar-refractivity contribution is 7.98. The third-order valence-electron chi connectivity index (χ3n) is 2.56. The van der Waals surface area contributed by atoms with Crippen molar-refractivity contribution in [2.75, 3.05) is 5.73 Å². The molecule has 2 N–H and O–H groups in total. The monoisotopic (exact) mass is 248 g/mol. The second kappa shape index (κ2) is 4.37. The molecule has 88 valence electrons. The summed E-state index contributed by atoms with van der Waals surface area (Å²) in [6.45, 7) is 0. The minimum absolute atomic E-state index is 0.525. The minimum Gasteiger partial charge on any atom is -0.397 e. The van der Waals surface area contributed by atoms with Gasteiger partial charge in [-0.05, 0) is 25.0 Å².